The van der Waals surface area contributed by atoms with Crippen LogP contribution in [0.15, 0.2) is 24.3 Å². The van der Waals surface area contributed by atoms with E-state index in [0.717, 1.165) is 32.5 Å². The quantitative estimate of drug-likeness (QED) is 0.751. The molecule has 0 saturated carbocycles. The molecule has 1 aliphatic rings. The Hall–Kier alpha value is -3.18. The van der Waals surface area contributed by atoms with Crippen molar-refractivity contribution in [3.05, 3.63) is 46.8 Å². The van der Waals surface area contributed by atoms with Crippen molar-refractivity contribution in [1.82, 2.24) is 20.2 Å². The lowest BCUT2D eigenvalue weighted by atomic mass is 10.0. The van der Waals surface area contributed by atoms with Crippen LogP contribution in [0, 0.1) is 25.2 Å². The molecule has 158 valence electrons. The zero-order chi connectivity index (χ0) is 21.7. The molecule has 2 heterocycles. The summed E-state index contributed by atoms with van der Waals surface area (Å²) in [6, 6.07) is 10.1. The molecule has 3 N–H and O–H groups in total. The molecule has 1 fully saturated rings. The van der Waals surface area contributed by atoms with Gasteiger partial charge < -0.3 is 15.8 Å². The molecule has 8 heteroatoms. The van der Waals surface area contributed by atoms with Crippen LogP contribution in [-0.4, -0.2) is 46.0 Å². The SMILES string of the molecule is Cc1nc(OC(C)C(=O)NC2CCN(Cc3ccc(C#N)cc3)CC2)nc(C)c1N. The van der Waals surface area contributed by atoms with Crippen molar-refractivity contribution in [2.24, 2.45) is 0 Å². The van der Waals surface area contributed by atoms with Crippen molar-refractivity contribution in [3.8, 4) is 12.1 Å². The summed E-state index contributed by atoms with van der Waals surface area (Å²) in [4.78, 5) is 23.3. The molecule has 1 atom stereocenters. The van der Waals surface area contributed by atoms with Crippen molar-refractivity contribution in [1.29, 1.82) is 5.26 Å². The second-order valence-corrected chi connectivity index (χ2v) is 7.72. The number of benzene rings is 1. The Kier molecular flexibility index (Phi) is 6.85. The van der Waals surface area contributed by atoms with E-state index in [4.69, 9.17) is 15.7 Å². The standard InChI is InChI=1S/C22H28N6O2/c1-14-20(24)15(2)26-22(25-14)30-16(3)21(29)27-19-8-10-28(11-9-19)13-18-6-4-17(12-23)5-7-18/h4-7,16,19H,8-11,13,24H2,1-3H3,(H,27,29). The van der Waals surface area contributed by atoms with E-state index >= 15 is 0 Å². The van der Waals surface area contributed by atoms with Crippen LogP contribution < -0.4 is 15.8 Å². The third kappa shape index (κ3) is 5.45. The first-order valence-electron chi connectivity index (χ1n) is 10.1. The van der Waals surface area contributed by atoms with Gasteiger partial charge >= 0.3 is 6.01 Å². The summed E-state index contributed by atoms with van der Waals surface area (Å²) < 4.78 is 5.63. The molecule has 8 nitrogen and oxygen atoms in total. The summed E-state index contributed by atoms with van der Waals surface area (Å²) in [5.41, 5.74) is 9.53. The first-order valence-corrected chi connectivity index (χ1v) is 10.1. The fourth-order valence-corrected chi connectivity index (χ4v) is 3.46. The molecule has 1 unspecified atom stereocenters. The zero-order valence-electron chi connectivity index (χ0n) is 17.7. The van der Waals surface area contributed by atoms with Gasteiger partial charge in [0.2, 0.25) is 0 Å². The minimum Gasteiger partial charge on any atom is -0.450 e. The Balaban J connectivity index is 1.45. The van der Waals surface area contributed by atoms with Crippen molar-refractivity contribution in [2.45, 2.75) is 52.3 Å². The highest BCUT2D eigenvalue weighted by molar-refractivity contribution is 5.80. The van der Waals surface area contributed by atoms with Gasteiger partial charge in [0.25, 0.3) is 5.91 Å². The van der Waals surface area contributed by atoms with Crippen LogP contribution >= 0.6 is 0 Å². The minimum atomic E-state index is -0.691. The van der Waals surface area contributed by atoms with Crippen LogP contribution in [0.5, 0.6) is 6.01 Å². The van der Waals surface area contributed by atoms with Crippen molar-refractivity contribution in [3.63, 3.8) is 0 Å². The molecule has 1 saturated heterocycles. The first-order chi connectivity index (χ1) is 14.4. The van der Waals surface area contributed by atoms with Gasteiger partial charge in [0, 0.05) is 25.7 Å². The number of carbonyl (C=O) groups is 1. The summed E-state index contributed by atoms with van der Waals surface area (Å²) in [5, 5.41) is 12.0. The summed E-state index contributed by atoms with van der Waals surface area (Å²) >= 11 is 0. The Morgan fingerprint density at radius 3 is 2.43 bits per heavy atom. The van der Waals surface area contributed by atoms with Crippen LogP contribution in [0.3, 0.4) is 0 Å². The van der Waals surface area contributed by atoms with Crippen LogP contribution in [-0.2, 0) is 11.3 Å². The van der Waals surface area contributed by atoms with E-state index in [2.05, 4.69) is 26.3 Å². The Labute approximate surface area is 177 Å². The molecular weight excluding hydrogens is 380 g/mol. The number of carbonyl (C=O) groups excluding carboxylic acids is 1. The largest absolute Gasteiger partial charge is 0.450 e. The van der Waals surface area contributed by atoms with Crippen LogP contribution in [0.1, 0.15) is 42.3 Å². The Morgan fingerprint density at radius 2 is 1.87 bits per heavy atom. The number of amides is 1. The number of hydrogen-bond donors (Lipinski definition) is 2. The van der Waals surface area contributed by atoms with Gasteiger partial charge in [-0.1, -0.05) is 12.1 Å². The summed E-state index contributed by atoms with van der Waals surface area (Å²) in [6.07, 6.45) is 1.07. The van der Waals surface area contributed by atoms with Crippen molar-refractivity contribution >= 4 is 11.6 Å². The number of likely N-dealkylation sites (tertiary alicyclic amines) is 1. The fraction of sp³-hybridized carbons (Fsp3) is 0.455. The fourth-order valence-electron chi connectivity index (χ4n) is 3.46. The smallest absolute Gasteiger partial charge is 0.317 e. The van der Waals surface area contributed by atoms with Crippen LogP contribution in [0.25, 0.3) is 0 Å². The van der Waals surface area contributed by atoms with Gasteiger partial charge in [-0.05, 0) is 51.3 Å². The number of aryl methyl sites for hydroxylation is 2. The number of nitriles is 1. The molecule has 1 amide bonds. The highest BCUT2D eigenvalue weighted by Crippen LogP contribution is 2.17. The van der Waals surface area contributed by atoms with Gasteiger partial charge in [0.1, 0.15) is 0 Å². The molecular formula is C22H28N6O2. The summed E-state index contributed by atoms with van der Waals surface area (Å²) in [5.74, 6) is -0.170. The van der Waals surface area contributed by atoms with E-state index in [1.807, 2.05) is 24.3 Å². The topological polar surface area (TPSA) is 117 Å². The maximum Gasteiger partial charge on any atom is 0.317 e. The van der Waals surface area contributed by atoms with Crippen molar-refractivity contribution in [2.75, 3.05) is 18.8 Å². The van der Waals surface area contributed by atoms with Crippen LogP contribution in [0.4, 0.5) is 5.69 Å². The van der Waals surface area contributed by atoms with Crippen LogP contribution in [0.2, 0.25) is 0 Å². The molecule has 30 heavy (non-hydrogen) atoms. The highest BCUT2D eigenvalue weighted by Gasteiger charge is 2.24. The van der Waals surface area contributed by atoms with Crippen molar-refractivity contribution < 1.29 is 9.53 Å². The molecule has 1 aliphatic heterocycles. The van der Waals surface area contributed by atoms with E-state index in [-0.39, 0.29) is 18.0 Å². The first kappa shape index (κ1) is 21.5. The number of ether oxygens (including phenoxy) is 1. The molecule has 1 aromatic carbocycles. The van der Waals surface area contributed by atoms with Gasteiger partial charge in [0.15, 0.2) is 6.10 Å². The number of aromatic nitrogens is 2. The monoisotopic (exact) mass is 408 g/mol. The maximum atomic E-state index is 12.5. The second kappa shape index (κ2) is 9.55. The molecule has 0 aliphatic carbocycles. The van der Waals surface area contributed by atoms with Gasteiger partial charge in [-0.3, -0.25) is 9.69 Å². The number of nitrogens with one attached hydrogen (secondary N) is 1. The number of nitrogens with zero attached hydrogens (tertiary/aromatic N) is 4. The number of nitrogen functional groups attached to an aromatic ring is 1. The third-order valence-corrected chi connectivity index (χ3v) is 5.38. The lowest BCUT2D eigenvalue weighted by Crippen LogP contribution is -2.48. The number of anilines is 1. The number of nitrogens with two attached hydrogens (primary N) is 1. The Bertz CT molecular complexity index is 907. The average Bonchev–Trinajstić information content (AvgIpc) is 2.74. The maximum absolute atomic E-state index is 12.5. The Morgan fingerprint density at radius 1 is 1.27 bits per heavy atom. The van der Waals surface area contributed by atoms with E-state index in [9.17, 15) is 4.79 Å². The molecule has 2 aromatic rings. The number of piperidine rings is 1. The normalized spacial score (nSPS) is 15.9. The third-order valence-electron chi connectivity index (χ3n) is 5.38. The lowest BCUT2D eigenvalue weighted by Gasteiger charge is -2.32. The number of hydrogen-bond acceptors (Lipinski definition) is 7. The predicted molar refractivity (Wildman–Crippen MR) is 114 cm³/mol. The molecule has 0 radical (unpaired) electrons. The van der Waals surface area contributed by atoms with E-state index < -0.39 is 6.10 Å². The zero-order valence-corrected chi connectivity index (χ0v) is 17.7. The van der Waals surface area contributed by atoms with E-state index in [0.29, 0.717) is 22.6 Å². The highest BCUT2D eigenvalue weighted by atomic mass is 16.5. The molecule has 1 aromatic heterocycles. The van der Waals surface area contributed by atoms with Gasteiger partial charge in [-0.15, -0.1) is 0 Å². The molecule has 0 spiro atoms. The second-order valence-electron chi connectivity index (χ2n) is 7.72. The molecule has 0 bridgehead atoms. The summed E-state index contributed by atoms with van der Waals surface area (Å²) in [6.45, 7) is 7.92. The summed E-state index contributed by atoms with van der Waals surface area (Å²) in [7, 11) is 0. The van der Waals surface area contributed by atoms with Gasteiger partial charge in [-0.2, -0.15) is 15.2 Å². The molecule has 3 rings (SSSR count). The minimum absolute atomic E-state index is 0.122. The predicted octanol–water partition coefficient (Wildman–Crippen LogP) is 2.10. The van der Waals surface area contributed by atoms with Gasteiger partial charge in [-0.25, -0.2) is 0 Å². The van der Waals surface area contributed by atoms with E-state index in [1.54, 1.807) is 20.8 Å². The lowest BCUT2D eigenvalue weighted by molar-refractivity contribution is -0.128. The van der Waals surface area contributed by atoms with E-state index in [1.165, 1.54) is 5.56 Å². The average molecular weight is 409 g/mol. The van der Waals surface area contributed by atoms with Gasteiger partial charge in [0.05, 0.1) is 28.7 Å². The number of rotatable bonds is 6.